The highest BCUT2D eigenvalue weighted by atomic mass is 32.1. The second-order valence-corrected chi connectivity index (χ2v) is 2.85. The highest BCUT2D eigenvalue weighted by Gasteiger charge is 2.02. The Morgan fingerprint density at radius 3 is 3.10 bits per heavy atom. The number of nitrogens with two attached hydrogens (primary N) is 1. The second-order valence-electron chi connectivity index (χ2n) is 2.13. The zero-order valence-corrected chi connectivity index (χ0v) is 6.34. The van der Waals surface area contributed by atoms with Crippen LogP contribution in [-0.2, 0) is 6.42 Å². The van der Waals surface area contributed by atoms with Crippen molar-refractivity contribution in [2.24, 2.45) is 5.73 Å². The fourth-order valence-electron chi connectivity index (χ4n) is 0.672. The van der Waals surface area contributed by atoms with Gasteiger partial charge in [-0.3, -0.25) is 0 Å². The molecule has 0 radical (unpaired) electrons. The van der Waals surface area contributed by atoms with Crippen molar-refractivity contribution < 1.29 is 5.11 Å². The van der Waals surface area contributed by atoms with E-state index in [-0.39, 0.29) is 12.6 Å². The molecule has 0 aliphatic rings. The Bertz CT molecular complexity index is 176. The predicted molar refractivity (Wildman–Crippen MR) is 40.9 cm³/mol. The summed E-state index contributed by atoms with van der Waals surface area (Å²) >= 11 is 1.54. The fraction of sp³-hybridized carbons (Fsp3) is 0.500. The molecule has 3 N–H and O–H groups in total. The SMILES string of the molecule is N[C@@H](CO)Cc1cscn1. The summed E-state index contributed by atoms with van der Waals surface area (Å²) in [5.41, 5.74) is 8.21. The molecule has 0 spiro atoms. The largest absolute Gasteiger partial charge is 0.395 e. The van der Waals surface area contributed by atoms with Gasteiger partial charge in [-0.1, -0.05) is 0 Å². The average molecular weight is 158 g/mol. The number of rotatable bonds is 3. The van der Waals surface area contributed by atoms with Crippen molar-refractivity contribution in [1.29, 1.82) is 0 Å². The van der Waals surface area contributed by atoms with Crippen molar-refractivity contribution in [2.45, 2.75) is 12.5 Å². The molecule has 4 heteroatoms. The molecule has 1 aromatic heterocycles. The van der Waals surface area contributed by atoms with E-state index in [9.17, 15) is 0 Å². The van der Waals surface area contributed by atoms with Crippen LogP contribution in [0, 0.1) is 0 Å². The number of hydrogen-bond acceptors (Lipinski definition) is 4. The van der Waals surface area contributed by atoms with Gasteiger partial charge in [0, 0.05) is 17.8 Å². The van der Waals surface area contributed by atoms with E-state index in [0.717, 1.165) is 5.69 Å². The van der Waals surface area contributed by atoms with Gasteiger partial charge in [0.05, 0.1) is 17.8 Å². The van der Waals surface area contributed by atoms with Crippen molar-refractivity contribution >= 4 is 11.3 Å². The van der Waals surface area contributed by atoms with Gasteiger partial charge in [0.15, 0.2) is 0 Å². The monoisotopic (exact) mass is 158 g/mol. The smallest absolute Gasteiger partial charge is 0.0794 e. The molecule has 10 heavy (non-hydrogen) atoms. The molecule has 3 nitrogen and oxygen atoms in total. The lowest BCUT2D eigenvalue weighted by molar-refractivity contribution is 0.265. The molecule has 56 valence electrons. The second kappa shape index (κ2) is 3.65. The molecular weight excluding hydrogens is 148 g/mol. The molecule has 0 aliphatic heterocycles. The van der Waals surface area contributed by atoms with Crippen molar-refractivity contribution in [3.05, 3.63) is 16.6 Å². The van der Waals surface area contributed by atoms with E-state index < -0.39 is 0 Å². The van der Waals surface area contributed by atoms with Gasteiger partial charge in [-0.15, -0.1) is 11.3 Å². The molecule has 1 aromatic rings. The van der Waals surface area contributed by atoms with Gasteiger partial charge in [0.1, 0.15) is 0 Å². The third-order valence-electron chi connectivity index (χ3n) is 1.19. The van der Waals surface area contributed by atoms with Crippen LogP contribution in [0.2, 0.25) is 0 Å². The Kier molecular flexibility index (Phi) is 2.80. The summed E-state index contributed by atoms with van der Waals surface area (Å²) in [7, 11) is 0. The average Bonchev–Trinajstić information content (AvgIpc) is 2.40. The topological polar surface area (TPSA) is 59.1 Å². The van der Waals surface area contributed by atoms with Gasteiger partial charge in [-0.2, -0.15) is 0 Å². The van der Waals surface area contributed by atoms with Gasteiger partial charge < -0.3 is 10.8 Å². The first-order chi connectivity index (χ1) is 4.83. The molecule has 0 unspecified atom stereocenters. The number of thiazole rings is 1. The van der Waals surface area contributed by atoms with Crippen LogP contribution in [-0.4, -0.2) is 22.7 Å². The molecule has 0 saturated heterocycles. The molecule has 0 bridgehead atoms. The molecule has 0 aliphatic carbocycles. The molecule has 0 saturated carbocycles. The van der Waals surface area contributed by atoms with Gasteiger partial charge in [0.25, 0.3) is 0 Å². The van der Waals surface area contributed by atoms with E-state index >= 15 is 0 Å². The third kappa shape index (κ3) is 2.06. The Balaban J connectivity index is 2.40. The van der Waals surface area contributed by atoms with Gasteiger partial charge in [-0.05, 0) is 0 Å². The number of aromatic nitrogens is 1. The molecule has 0 fully saturated rings. The normalized spacial score (nSPS) is 13.4. The lowest BCUT2D eigenvalue weighted by Crippen LogP contribution is -2.26. The molecule has 1 heterocycles. The molecular formula is C6H10N2OS. The minimum Gasteiger partial charge on any atom is -0.395 e. The van der Waals surface area contributed by atoms with Crippen molar-refractivity contribution in [3.8, 4) is 0 Å². The summed E-state index contributed by atoms with van der Waals surface area (Å²) in [6, 6.07) is -0.165. The number of aliphatic hydroxyl groups is 1. The van der Waals surface area contributed by atoms with Gasteiger partial charge >= 0.3 is 0 Å². The summed E-state index contributed by atoms with van der Waals surface area (Å²) in [5, 5.41) is 10.5. The predicted octanol–water partition coefficient (Wildman–Crippen LogP) is 0.00520. The van der Waals surface area contributed by atoms with Crippen LogP contribution in [0.5, 0.6) is 0 Å². The highest BCUT2D eigenvalue weighted by molar-refractivity contribution is 7.07. The number of aliphatic hydroxyl groups excluding tert-OH is 1. The molecule has 1 atom stereocenters. The molecule has 1 rings (SSSR count). The zero-order chi connectivity index (χ0) is 7.40. The van der Waals surface area contributed by atoms with Crippen molar-refractivity contribution in [2.75, 3.05) is 6.61 Å². The van der Waals surface area contributed by atoms with Gasteiger partial charge in [-0.25, -0.2) is 4.98 Å². The van der Waals surface area contributed by atoms with Crippen LogP contribution in [0.4, 0.5) is 0 Å². The first-order valence-electron chi connectivity index (χ1n) is 3.06. The van der Waals surface area contributed by atoms with Crippen molar-refractivity contribution in [3.63, 3.8) is 0 Å². The summed E-state index contributed by atoms with van der Waals surface area (Å²) in [5.74, 6) is 0. The Hall–Kier alpha value is -0.450. The van der Waals surface area contributed by atoms with Crippen LogP contribution in [0.3, 0.4) is 0 Å². The minimum atomic E-state index is -0.165. The van der Waals surface area contributed by atoms with E-state index in [1.807, 2.05) is 5.38 Å². The van der Waals surface area contributed by atoms with E-state index in [1.165, 1.54) is 0 Å². The highest BCUT2D eigenvalue weighted by Crippen LogP contribution is 2.02. The summed E-state index contributed by atoms with van der Waals surface area (Å²) in [6.07, 6.45) is 0.667. The minimum absolute atomic E-state index is 0.0253. The van der Waals surface area contributed by atoms with Crippen LogP contribution in [0.25, 0.3) is 0 Å². The summed E-state index contributed by atoms with van der Waals surface area (Å²) < 4.78 is 0. The Morgan fingerprint density at radius 1 is 1.80 bits per heavy atom. The van der Waals surface area contributed by atoms with Crippen LogP contribution < -0.4 is 5.73 Å². The van der Waals surface area contributed by atoms with Crippen LogP contribution in [0.1, 0.15) is 5.69 Å². The Morgan fingerprint density at radius 2 is 2.60 bits per heavy atom. The van der Waals surface area contributed by atoms with E-state index in [4.69, 9.17) is 10.8 Å². The zero-order valence-electron chi connectivity index (χ0n) is 5.53. The quantitative estimate of drug-likeness (QED) is 0.651. The van der Waals surface area contributed by atoms with Crippen LogP contribution >= 0.6 is 11.3 Å². The van der Waals surface area contributed by atoms with E-state index in [0.29, 0.717) is 6.42 Å². The van der Waals surface area contributed by atoms with E-state index in [1.54, 1.807) is 16.8 Å². The maximum absolute atomic E-state index is 8.58. The first kappa shape index (κ1) is 7.65. The molecule has 0 amide bonds. The molecule has 0 aromatic carbocycles. The summed E-state index contributed by atoms with van der Waals surface area (Å²) in [4.78, 5) is 4.03. The number of nitrogens with zero attached hydrogens (tertiary/aromatic N) is 1. The lowest BCUT2D eigenvalue weighted by atomic mass is 10.2. The summed E-state index contributed by atoms with van der Waals surface area (Å²) in [6.45, 7) is 0.0253. The third-order valence-corrected chi connectivity index (χ3v) is 1.82. The van der Waals surface area contributed by atoms with Crippen molar-refractivity contribution in [1.82, 2.24) is 4.98 Å². The standard InChI is InChI=1S/C6H10N2OS/c7-5(2-9)1-6-3-10-4-8-6/h3-5,9H,1-2,7H2/t5-/m1/s1. The number of hydrogen-bond donors (Lipinski definition) is 2. The van der Waals surface area contributed by atoms with Crippen LogP contribution in [0.15, 0.2) is 10.9 Å². The maximum atomic E-state index is 8.58. The lowest BCUT2D eigenvalue weighted by Gasteiger charge is -2.03. The first-order valence-corrected chi connectivity index (χ1v) is 4.00. The van der Waals surface area contributed by atoms with Gasteiger partial charge in [0.2, 0.25) is 0 Å². The maximum Gasteiger partial charge on any atom is 0.0794 e. The van der Waals surface area contributed by atoms with E-state index in [2.05, 4.69) is 4.98 Å². The Labute approximate surface area is 63.5 Å². The fourth-order valence-corrected chi connectivity index (χ4v) is 1.24.